The minimum Gasteiger partial charge on any atom is -0.491 e. The van der Waals surface area contributed by atoms with Crippen LogP contribution in [0.25, 0.3) is 0 Å². The molecule has 3 amide bonds. The Balaban J connectivity index is 1.83. The first-order chi connectivity index (χ1) is 16.3. The molecule has 182 valence electrons. The summed E-state index contributed by atoms with van der Waals surface area (Å²) in [4.78, 5) is 40.6. The van der Waals surface area contributed by atoms with Crippen molar-refractivity contribution < 1.29 is 19.1 Å². The molecule has 34 heavy (non-hydrogen) atoms. The van der Waals surface area contributed by atoms with Crippen molar-refractivity contribution in [3.8, 4) is 5.75 Å². The number of aryl methyl sites for hydroxylation is 1. The van der Waals surface area contributed by atoms with E-state index in [0.717, 1.165) is 5.56 Å². The number of amides is 3. The van der Waals surface area contributed by atoms with Gasteiger partial charge in [-0.1, -0.05) is 43.6 Å². The van der Waals surface area contributed by atoms with Gasteiger partial charge >= 0.3 is 0 Å². The van der Waals surface area contributed by atoms with E-state index in [1.54, 1.807) is 29.2 Å². The fourth-order valence-corrected chi connectivity index (χ4v) is 3.94. The number of carbonyl (C=O) groups is 3. The van der Waals surface area contributed by atoms with Gasteiger partial charge in [0.2, 0.25) is 5.91 Å². The van der Waals surface area contributed by atoms with Gasteiger partial charge in [-0.2, -0.15) is 0 Å². The quantitative estimate of drug-likeness (QED) is 0.676. The lowest BCUT2D eigenvalue weighted by molar-refractivity contribution is -0.123. The molecule has 1 heterocycles. The van der Waals surface area contributed by atoms with Crippen molar-refractivity contribution in [1.82, 2.24) is 15.5 Å². The molecule has 2 N–H and O–H groups in total. The van der Waals surface area contributed by atoms with Crippen molar-refractivity contribution in [2.45, 2.75) is 39.7 Å². The van der Waals surface area contributed by atoms with Crippen LogP contribution in [0.2, 0.25) is 5.02 Å². The molecule has 8 heteroatoms. The van der Waals surface area contributed by atoms with Crippen molar-refractivity contribution >= 4 is 29.3 Å². The third-order valence-corrected chi connectivity index (χ3v) is 6.13. The molecule has 2 aromatic rings. The lowest BCUT2D eigenvalue weighted by Crippen LogP contribution is -2.48. The van der Waals surface area contributed by atoms with Crippen LogP contribution in [0.3, 0.4) is 0 Å². The third-order valence-electron chi connectivity index (χ3n) is 5.89. The fraction of sp³-hybridized carbons (Fsp3) is 0.423. The summed E-state index contributed by atoms with van der Waals surface area (Å²) in [6.07, 6.45) is 1.29. The van der Waals surface area contributed by atoms with Gasteiger partial charge in [0.25, 0.3) is 11.8 Å². The summed E-state index contributed by atoms with van der Waals surface area (Å²) in [6, 6.07) is 12.0. The van der Waals surface area contributed by atoms with Crippen molar-refractivity contribution in [3.63, 3.8) is 0 Å². The van der Waals surface area contributed by atoms with E-state index in [1.807, 2.05) is 39.0 Å². The number of rotatable bonds is 2. The predicted octanol–water partition coefficient (Wildman–Crippen LogP) is 3.83. The molecule has 1 aliphatic rings. The molecule has 0 aromatic heterocycles. The van der Waals surface area contributed by atoms with Crippen LogP contribution >= 0.6 is 11.6 Å². The lowest BCUT2D eigenvalue weighted by atomic mass is 10.1. The van der Waals surface area contributed by atoms with E-state index in [2.05, 4.69) is 10.6 Å². The maximum absolute atomic E-state index is 13.2. The second kappa shape index (κ2) is 11.9. The topological polar surface area (TPSA) is 87.7 Å². The molecule has 0 fully saturated rings. The van der Waals surface area contributed by atoms with Crippen molar-refractivity contribution in [1.29, 1.82) is 0 Å². The van der Waals surface area contributed by atoms with Crippen LogP contribution < -0.4 is 15.4 Å². The highest BCUT2D eigenvalue weighted by Crippen LogP contribution is 2.24. The van der Waals surface area contributed by atoms with E-state index in [0.29, 0.717) is 47.8 Å². The van der Waals surface area contributed by atoms with E-state index in [1.165, 1.54) is 0 Å². The molecule has 1 aliphatic heterocycles. The number of hydrogen-bond acceptors (Lipinski definition) is 4. The predicted molar refractivity (Wildman–Crippen MR) is 132 cm³/mol. The van der Waals surface area contributed by atoms with E-state index >= 15 is 0 Å². The minimum absolute atomic E-state index is 0.0467. The molecule has 0 radical (unpaired) electrons. The molecule has 0 saturated carbocycles. The van der Waals surface area contributed by atoms with E-state index in [9.17, 15) is 14.4 Å². The molecule has 0 spiro atoms. The van der Waals surface area contributed by atoms with Crippen LogP contribution in [-0.4, -0.2) is 54.9 Å². The summed E-state index contributed by atoms with van der Waals surface area (Å²) >= 11 is 6.11. The minimum atomic E-state index is -0.306. The second-order valence-corrected chi connectivity index (χ2v) is 9.31. The lowest BCUT2D eigenvalue weighted by Gasteiger charge is -2.26. The van der Waals surface area contributed by atoms with Crippen LogP contribution in [0.5, 0.6) is 5.75 Å². The van der Waals surface area contributed by atoms with Crippen LogP contribution in [0.4, 0.5) is 0 Å². The zero-order valence-corrected chi connectivity index (χ0v) is 20.7. The van der Waals surface area contributed by atoms with Crippen molar-refractivity contribution in [2.75, 3.05) is 26.2 Å². The van der Waals surface area contributed by atoms with Gasteiger partial charge in [-0.3, -0.25) is 14.4 Å². The Morgan fingerprint density at radius 3 is 2.65 bits per heavy atom. The number of hydrogen-bond donors (Lipinski definition) is 2. The number of nitrogens with one attached hydrogen (secondary N) is 2. The van der Waals surface area contributed by atoms with Gasteiger partial charge in [0.15, 0.2) is 0 Å². The molecular weight excluding hydrogens is 454 g/mol. The summed E-state index contributed by atoms with van der Waals surface area (Å²) in [7, 11) is 0. The van der Waals surface area contributed by atoms with Gasteiger partial charge in [0.05, 0.1) is 18.2 Å². The number of halogens is 1. The summed E-state index contributed by atoms with van der Waals surface area (Å²) in [5, 5.41) is 6.34. The van der Waals surface area contributed by atoms with Crippen molar-refractivity contribution in [2.24, 2.45) is 5.92 Å². The highest BCUT2D eigenvalue weighted by atomic mass is 35.5. The maximum Gasteiger partial charge on any atom is 0.255 e. The number of carbonyl (C=O) groups excluding carboxylic acids is 3. The average Bonchev–Trinajstić information content (AvgIpc) is 2.80. The maximum atomic E-state index is 13.2. The number of ether oxygens (including phenoxy) is 1. The Kier molecular flexibility index (Phi) is 8.93. The first-order valence-electron chi connectivity index (χ1n) is 11.6. The second-order valence-electron chi connectivity index (χ2n) is 8.87. The number of nitrogens with zero attached hydrogens (tertiary/aromatic N) is 1. The van der Waals surface area contributed by atoms with Crippen LogP contribution in [0, 0.1) is 12.8 Å². The van der Waals surface area contributed by atoms with E-state index < -0.39 is 0 Å². The molecule has 0 unspecified atom stereocenters. The molecule has 0 aliphatic carbocycles. The number of fused-ring (bicyclic) bond motifs is 1. The summed E-state index contributed by atoms with van der Waals surface area (Å²) in [5.41, 5.74) is 1.80. The molecular formula is C26H32ClN3O4. The average molecular weight is 486 g/mol. The van der Waals surface area contributed by atoms with Gasteiger partial charge in [-0.05, 0) is 55.5 Å². The highest BCUT2D eigenvalue weighted by molar-refractivity contribution is 6.31. The molecule has 7 nitrogen and oxygen atoms in total. The molecule has 2 aromatic carbocycles. The smallest absolute Gasteiger partial charge is 0.255 e. The SMILES string of the molecule is Cc1ccccc1C(=O)N1CCCCNC(=O)c2cc(Cl)ccc2OC[C@@H](C(C)C)NC(=O)C1. The van der Waals surface area contributed by atoms with Gasteiger partial charge in [-0.15, -0.1) is 0 Å². The van der Waals surface area contributed by atoms with E-state index in [-0.39, 0.29) is 42.8 Å². The Morgan fingerprint density at radius 2 is 1.91 bits per heavy atom. The fourth-order valence-electron chi connectivity index (χ4n) is 3.77. The first-order valence-corrected chi connectivity index (χ1v) is 12.0. The number of benzene rings is 2. The first kappa shape index (κ1) is 25.6. The van der Waals surface area contributed by atoms with Gasteiger partial charge in [-0.25, -0.2) is 0 Å². The monoisotopic (exact) mass is 485 g/mol. The van der Waals surface area contributed by atoms with E-state index in [4.69, 9.17) is 16.3 Å². The summed E-state index contributed by atoms with van der Waals surface area (Å²) in [5.74, 6) is -0.214. The van der Waals surface area contributed by atoms with Gasteiger partial charge < -0.3 is 20.3 Å². The zero-order chi connectivity index (χ0) is 24.7. The largest absolute Gasteiger partial charge is 0.491 e. The Hall–Kier alpha value is -3.06. The van der Waals surface area contributed by atoms with Gasteiger partial charge in [0, 0.05) is 23.7 Å². The summed E-state index contributed by atoms with van der Waals surface area (Å²) < 4.78 is 5.96. The van der Waals surface area contributed by atoms with Gasteiger partial charge in [0.1, 0.15) is 12.4 Å². The standard InChI is InChI=1S/C26H32ClN3O4/c1-17(2)22-16-34-23-11-10-19(27)14-21(23)25(32)28-12-6-7-13-30(15-24(31)29-22)26(33)20-9-5-4-8-18(20)3/h4-5,8-11,14,17,22H,6-7,12-13,15-16H2,1-3H3,(H,28,32)(H,29,31)/t22-/m0/s1. The van der Waals surface area contributed by atoms with Crippen molar-refractivity contribution in [3.05, 3.63) is 64.2 Å². The van der Waals surface area contributed by atoms with Crippen LogP contribution in [0.15, 0.2) is 42.5 Å². The zero-order valence-electron chi connectivity index (χ0n) is 19.9. The third kappa shape index (κ3) is 6.73. The Bertz CT molecular complexity index is 1040. The Labute approximate surface area is 205 Å². The van der Waals surface area contributed by atoms with Crippen LogP contribution in [0.1, 0.15) is 53.0 Å². The Morgan fingerprint density at radius 1 is 1.15 bits per heavy atom. The molecule has 1 atom stereocenters. The molecule has 0 saturated heterocycles. The van der Waals surface area contributed by atoms with Crippen LogP contribution in [-0.2, 0) is 4.79 Å². The molecule has 0 bridgehead atoms. The summed E-state index contributed by atoms with van der Waals surface area (Å²) in [6.45, 7) is 6.81. The molecule has 3 rings (SSSR count). The highest BCUT2D eigenvalue weighted by Gasteiger charge is 2.24. The normalized spacial score (nSPS) is 18.1.